The Labute approximate surface area is 150 Å². The van der Waals surface area contributed by atoms with Gasteiger partial charge in [0.25, 0.3) is 9.84 Å². The quantitative estimate of drug-likeness (QED) is 0.471. The topological polar surface area (TPSA) is 57.9 Å². The molecule has 0 radical (unpaired) electrons. The van der Waals surface area contributed by atoms with E-state index in [-0.39, 0.29) is 16.7 Å². The van der Waals surface area contributed by atoms with Crippen molar-refractivity contribution in [2.75, 3.05) is 0 Å². The van der Waals surface area contributed by atoms with E-state index in [0.29, 0.717) is 6.07 Å². The van der Waals surface area contributed by atoms with Crippen LogP contribution in [0.3, 0.4) is 0 Å². The molecule has 1 rings (SSSR count). The molecule has 0 amide bonds. The van der Waals surface area contributed by atoms with Gasteiger partial charge in [-0.3, -0.25) is 0 Å². The average molecular weight is 446 g/mol. The Hall–Kier alpha value is -1.94. The van der Waals surface area contributed by atoms with Gasteiger partial charge in [0.05, 0.1) is 0 Å². The first-order valence-corrected chi connectivity index (χ1v) is 8.11. The zero-order valence-electron chi connectivity index (χ0n) is 12.3. The minimum atomic E-state index is -7.41. The summed E-state index contributed by atoms with van der Waals surface area (Å²) in [4.78, 5) is -2.16. The molecule has 1 aromatic carbocycles. The Morgan fingerprint density at radius 1 is 0.926 bits per heavy atom. The highest BCUT2D eigenvalue weighted by molar-refractivity contribution is 7.96. The van der Waals surface area contributed by atoms with Crippen molar-refractivity contribution in [3.63, 3.8) is 0 Å². The van der Waals surface area contributed by atoms with Crippen LogP contribution in [0.1, 0.15) is 5.56 Å². The van der Waals surface area contributed by atoms with Crippen LogP contribution in [0.2, 0.25) is 5.02 Å². The molecule has 1 aromatic rings. The summed E-state index contributed by atoms with van der Waals surface area (Å²) >= 11 is 5.48. The van der Waals surface area contributed by atoms with E-state index in [1.165, 1.54) is 0 Å². The highest BCUT2D eigenvalue weighted by Gasteiger charge is 2.85. The Bertz CT molecular complexity index is 884. The third-order valence-corrected chi connectivity index (χ3v) is 4.99. The largest absolute Gasteiger partial charge is 0.460 e. The molecular formula is C13H5ClF9NO2S. The molecule has 0 unspecified atom stereocenters. The molecule has 0 spiro atoms. The third kappa shape index (κ3) is 3.73. The molecule has 0 aliphatic carbocycles. The second kappa shape index (κ2) is 6.90. The van der Waals surface area contributed by atoms with Crippen molar-refractivity contribution in [3.8, 4) is 6.07 Å². The lowest BCUT2D eigenvalue weighted by Crippen LogP contribution is -2.63. The average Bonchev–Trinajstić information content (AvgIpc) is 2.52. The van der Waals surface area contributed by atoms with Crippen molar-refractivity contribution in [2.45, 2.75) is 23.3 Å². The molecule has 27 heavy (non-hydrogen) atoms. The zero-order valence-corrected chi connectivity index (χ0v) is 13.9. The van der Waals surface area contributed by atoms with Crippen molar-refractivity contribution in [1.29, 1.82) is 5.26 Å². The molecule has 3 nitrogen and oxygen atoms in total. The first-order chi connectivity index (χ1) is 11.9. The van der Waals surface area contributed by atoms with Crippen LogP contribution in [0.15, 0.2) is 29.2 Å². The van der Waals surface area contributed by atoms with Crippen molar-refractivity contribution < 1.29 is 47.9 Å². The van der Waals surface area contributed by atoms with Crippen LogP contribution in [-0.2, 0) is 9.84 Å². The van der Waals surface area contributed by atoms with Gasteiger partial charge in [-0.2, -0.15) is 44.8 Å². The van der Waals surface area contributed by atoms with E-state index in [9.17, 15) is 47.9 Å². The fourth-order valence-corrected chi connectivity index (χ4v) is 2.83. The van der Waals surface area contributed by atoms with Gasteiger partial charge >= 0.3 is 23.3 Å². The number of halogens is 10. The number of hydrogen-bond donors (Lipinski definition) is 0. The summed E-state index contributed by atoms with van der Waals surface area (Å²) in [6, 6.07) is 4.59. The molecule has 0 N–H and O–H groups in total. The number of rotatable bonds is 5. The van der Waals surface area contributed by atoms with Gasteiger partial charge in [-0.1, -0.05) is 23.7 Å². The molecule has 0 fully saturated rings. The lowest BCUT2D eigenvalue weighted by atomic mass is 10.1. The van der Waals surface area contributed by atoms with Crippen molar-refractivity contribution in [1.82, 2.24) is 0 Å². The molecule has 0 saturated heterocycles. The van der Waals surface area contributed by atoms with Crippen molar-refractivity contribution in [2.24, 2.45) is 0 Å². The van der Waals surface area contributed by atoms with Gasteiger partial charge in [0.15, 0.2) is 4.91 Å². The number of allylic oxidation sites excluding steroid dienone is 1. The number of sulfone groups is 1. The summed E-state index contributed by atoms with van der Waals surface area (Å²) in [5.41, 5.74) is -0.360. The maximum absolute atomic E-state index is 13.7. The molecule has 0 aromatic heterocycles. The first-order valence-electron chi connectivity index (χ1n) is 6.25. The van der Waals surface area contributed by atoms with Crippen LogP contribution >= 0.6 is 11.6 Å². The second-order valence-electron chi connectivity index (χ2n) is 4.84. The minimum absolute atomic E-state index is 0.0650. The van der Waals surface area contributed by atoms with E-state index < -0.39 is 38.0 Å². The molecular weight excluding hydrogens is 441 g/mol. The molecule has 0 saturated carbocycles. The second-order valence-corrected chi connectivity index (χ2v) is 7.23. The first kappa shape index (κ1) is 23.1. The zero-order chi connectivity index (χ0) is 21.5. The van der Waals surface area contributed by atoms with E-state index in [2.05, 4.69) is 0 Å². The molecule has 0 aliphatic rings. The standard InChI is InChI=1S/C13H5ClF9NO2S/c14-8-3-1-7(2-4-8)5-9(6-24)27(25,26)13(22,23)11(17,18)10(15,16)12(19,20)21/h1-5H/b9-5-. The third-order valence-electron chi connectivity index (χ3n) is 3.02. The van der Waals surface area contributed by atoms with Crippen molar-refractivity contribution in [3.05, 3.63) is 39.8 Å². The predicted octanol–water partition coefficient (Wildman–Crippen LogP) is 5.04. The Kier molecular flexibility index (Phi) is 5.90. The summed E-state index contributed by atoms with van der Waals surface area (Å²) in [6.07, 6.45) is -7.11. The predicted molar refractivity (Wildman–Crippen MR) is 74.9 cm³/mol. The number of nitriles is 1. The Balaban J connectivity index is 3.58. The van der Waals surface area contributed by atoms with Crippen LogP contribution in [0.4, 0.5) is 39.5 Å². The summed E-state index contributed by atoms with van der Waals surface area (Å²) in [5, 5.41) is 1.76. The van der Waals surface area contributed by atoms with E-state index in [0.717, 1.165) is 24.3 Å². The molecule has 14 heteroatoms. The number of nitrogens with zero attached hydrogens (tertiary/aromatic N) is 1. The van der Waals surface area contributed by atoms with Gasteiger partial charge in [-0.05, 0) is 23.8 Å². The summed E-state index contributed by atoms with van der Waals surface area (Å²) in [6.45, 7) is 0. The SMILES string of the molecule is N#C/C(=C/c1ccc(Cl)cc1)S(=O)(=O)C(F)(F)C(F)(F)C(F)(F)C(F)(F)F. The summed E-state index contributed by atoms with van der Waals surface area (Å²) in [5.74, 6) is -14.8. The maximum atomic E-state index is 13.7. The number of alkyl halides is 9. The fraction of sp³-hybridized carbons (Fsp3) is 0.308. The summed E-state index contributed by atoms with van der Waals surface area (Å²) < 4.78 is 139. The van der Waals surface area contributed by atoms with E-state index in [4.69, 9.17) is 16.9 Å². The Morgan fingerprint density at radius 3 is 1.74 bits per heavy atom. The molecule has 0 heterocycles. The molecule has 0 bridgehead atoms. The number of benzene rings is 1. The van der Waals surface area contributed by atoms with E-state index >= 15 is 0 Å². The van der Waals surface area contributed by atoms with Crippen LogP contribution in [-0.4, -0.2) is 31.7 Å². The lowest BCUT2D eigenvalue weighted by Gasteiger charge is -2.32. The van der Waals surface area contributed by atoms with Crippen LogP contribution < -0.4 is 0 Å². The molecule has 0 atom stereocenters. The Morgan fingerprint density at radius 2 is 1.37 bits per heavy atom. The van der Waals surface area contributed by atoms with E-state index in [1.54, 1.807) is 0 Å². The fourth-order valence-electron chi connectivity index (χ4n) is 1.55. The normalized spacial score (nSPS) is 14.8. The monoisotopic (exact) mass is 445 g/mol. The van der Waals surface area contributed by atoms with Crippen LogP contribution in [0.5, 0.6) is 0 Å². The van der Waals surface area contributed by atoms with E-state index in [1.807, 2.05) is 0 Å². The molecule has 0 aliphatic heterocycles. The maximum Gasteiger partial charge on any atom is 0.460 e. The van der Waals surface area contributed by atoms with Gasteiger partial charge < -0.3 is 0 Å². The number of hydrogen-bond acceptors (Lipinski definition) is 3. The van der Waals surface area contributed by atoms with Gasteiger partial charge in [-0.15, -0.1) is 0 Å². The summed E-state index contributed by atoms with van der Waals surface area (Å²) in [7, 11) is -6.96. The lowest BCUT2D eigenvalue weighted by molar-refractivity contribution is -0.382. The van der Waals surface area contributed by atoms with Gasteiger partial charge in [0.1, 0.15) is 6.07 Å². The van der Waals surface area contributed by atoms with Gasteiger partial charge in [-0.25, -0.2) is 8.42 Å². The smallest absolute Gasteiger partial charge is 0.216 e. The van der Waals surface area contributed by atoms with Crippen molar-refractivity contribution >= 4 is 27.5 Å². The van der Waals surface area contributed by atoms with Crippen LogP contribution in [0, 0.1) is 11.3 Å². The molecule has 150 valence electrons. The minimum Gasteiger partial charge on any atom is -0.216 e. The highest BCUT2D eigenvalue weighted by Crippen LogP contribution is 2.55. The highest BCUT2D eigenvalue weighted by atomic mass is 35.5. The van der Waals surface area contributed by atoms with Gasteiger partial charge in [0.2, 0.25) is 0 Å². The van der Waals surface area contributed by atoms with Crippen LogP contribution in [0.25, 0.3) is 6.08 Å². The van der Waals surface area contributed by atoms with Gasteiger partial charge in [0, 0.05) is 5.02 Å².